The van der Waals surface area contributed by atoms with E-state index in [1.54, 1.807) is 0 Å². The highest BCUT2D eigenvalue weighted by molar-refractivity contribution is 6.18. The van der Waals surface area contributed by atoms with E-state index in [4.69, 9.17) is 11.6 Å². The molecule has 0 aliphatic heterocycles. The van der Waals surface area contributed by atoms with Crippen molar-refractivity contribution in [1.29, 1.82) is 0 Å². The molecule has 2 unspecified atom stereocenters. The second-order valence-corrected chi connectivity index (χ2v) is 6.42. The normalized spacial score (nSPS) is 22.9. The second-order valence-electron chi connectivity index (χ2n) is 6.11. The van der Waals surface area contributed by atoms with Crippen LogP contribution in [-0.4, -0.2) is 12.4 Å². The number of benzene rings is 1. The highest BCUT2D eigenvalue weighted by Gasteiger charge is 2.25. The van der Waals surface area contributed by atoms with Crippen LogP contribution in [0.15, 0.2) is 12.1 Å². The lowest BCUT2D eigenvalue weighted by Crippen LogP contribution is -2.26. The van der Waals surface area contributed by atoms with E-state index in [2.05, 4.69) is 38.2 Å². The first kappa shape index (κ1) is 14.9. The zero-order valence-corrected chi connectivity index (χ0v) is 13.2. The molecule has 2 heteroatoms. The van der Waals surface area contributed by atoms with Crippen LogP contribution in [0.4, 0.5) is 0 Å². The number of halogens is 1. The van der Waals surface area contributed by atoms with Gasteiger partial charge in [0.15, 0.2) is 0 Å². The summed E-state index contributed by atoms with van der Waals surface area (Å²) in [6.45, 7) is 8.71. The highest BCUT2D eigenvalue weighted by atomic mass is 35.5. The fourth-order valence-corrected chi connectivity index (χ4v) is 3.86. The van der Waals surface area contributed by atoms with Crippen LogP contribution in [0.1, 0.15) is 41.5 Å². The average Bonchev–Trinajstić information content (AvgIpc) is 2.79. The molecule has 0 heterocycles. The lowest BCUT2D eigenvalue weighted by molar-refractivity contribution is 0.395. The lowest BCUT2D eigenvalue weighted by Gasteiger charge is -2.19. The van der Waals surface area contributed by atoms with Gasteiger partial charge in [-0.05, 0) is 68.7 Å². The molecule has 1 aromatic rings. The van der Waals surface area contributed by atoms with E-state index in [9.17, 15) is 0 Å². The Morgan fingerprint density at radius 2 is 1.74 bits per heavy atom. The van der Waals surface area contributed by atoms with Crippen molar-refractivity contribution in [1.82, 2.24) is 5.32 Å². The van der Waals surface area contributed by atoms with Crippen molar-refractivity contribution < 1.29 is 0 Å². The molecule has 1 saturated carbocycles. The van der Waals surface area contributed by atoms with E-state index >= 15 is 0 Å². The average molecular weight is 280 g/mol. The minimum atomic E-state index is 0.731. The number of hydrogen-bond donors (Lipinski definition) is 1. The largest absolute Gasteiger partial charge is 0.312 e. The topological polar surface area (TPSA) is 12.0 Å². The van der Waals surface area contributed by atoms with Crippen molar-refractivity contribution in [2.24, 2.45) is 11.8 Å². The molecule has 1 aliphatic carbocycles. The summed E-state index contributed by atoms with van der Waals surface area (Å²) in [5, 5.41) is 3.65. The molecule has 0 amide bonds. The summed E-state index contributed by atoms with van der Waals surface area (Å²) in [6.07, 6.45) is 4.01. The Hall–Kier alpha value is -0.530. The monoisotopic (exact) mass is 279 g/mol. The predicted octanol–water partition coefficient (Wildman–Crippen LogP) is 4.36. The molecule has 1 aliphatic rings. The van der Waals surface area contributed by atoms with Crippen molar-refractivity contribution in [3.05, 3.63) is 34.4 Å². The first-order valence-corrected chi connectivity index (χ1v) is 7.98. The number of nitrogens with one attached hydrogen (secondary N) is 1. The number of rotatable bonds is 5. The quantitative estimate of drug-likeness (QED) is 0.790. The van der Waals surface area contributed by atoms with Crippen LogP contribution in [0.25, 0.3) is 0 Å². The van der Waals surface area contributed by atoms with Gasteiger partial charge in [-0.2, -0.15) is 0 Å². The van der Waals surface area contributed by atoms with Gasteiger partial charge in [0.05, 0.1) is 0 Å². The van der Waals surface area contributed by atoms with E-state index in [0.717, 1.165) is 30.8 Å². The van der Waals surface area contributed by atoms with Crippen LogP contribution >= 0.6 is 11.6 Å². The van der Waals surface area contributed by atoms with E-state index < -0.39 is 0 Å². The molecule has 19 heavy (non-hydrogen) atoms. The number of hydrogen-bond acceptors (Lipinski definition) is 1. The summed E-state index contributed by atoms with van der Waals surface area (Å²) in [5.41, 5.74) is 5.64. The number of aryl methyl sites for hydroxylation is 3. The fraction of sp³-hybridized carbons (Fsp3) is 0.647. The van der Waals surface area contributed by atoms with Gasteiger partial charge in [0.1, 0.15) is 0 Å². The maximum absolute atomic E-state index is 6.04. The minimum Gasteiger partial charge on any atom is -0.312 e. The van der Waals surface area contributed by atoms with Crippen LogP contribution in [0.3, 0.4) is 0 Å². The van der Waals surface area contributed by atoms with Gasteiger partial charge in [0.25, 0.3) is 0 Å². The zero-order valence-electron chi connectivity index (χ0n) is 12.4. The van der Waals surface area contributed by atoms with Crippen LogP contribution < -0.4 is 5.32 Å². The van der Waals surface area contributed by atoms with Gasteiger partial charge >= 0.3 is 0 Å². The molecule has 1 N–H and O–H groups in total. The van der Waals surface area contributed by atoms with Crippen LogP contribution in [0.5, 0.6) is 0 Å². The third-order valence-corrected chi connectivity index (χ3v) is 4.96. The minimum absolute atomic E-state index is 0.731. The Kier molecular flexibility index (Phi) is 5.29. The van der Waals surface area contributed by atoms with Gasteiger partial charge in [-0.1, -0.05) is 24.1 Å². The molecule has 0 spiro atoms. The Bertz CT molecular complexity index is 404. The zero-order chi connectivity index (χ0) is 13.8. The summed E-state index contributed by atoms with van der Waals surface area (Å²) < 4.78 is 0. The van der Waals surface area contributed by atoms with Gasteiger partial charge in [0.2, 0.25) is 0 Å². The molecule has 2 atom stereocenters. The van der Waals surface area contributed by atoms with Gasteiger partial charge in [-0.3, -0.25) is 0 Å². The molecule has 1 nitrogen and oxygen atoms in total. The molecule has 1 fully saturated rings. The number of alkyl halides is 1. The summed E-state index contributed by atoms with van der Waals surface area (Å²) in [7, 11) is 0. The predicted molar refractivity (Wildman–Crippen MR) is 83.9 cm³/mol. The van der Waals surface area contributed by atoms with E-state index in [0.29, 0.717) is 0 Å². The maximum atomic E-state index is 6.04. The smallest absolute Gasteiger partial charge is 0.0254 e. The van der Waals surface area contributed by atoms with E-state index in [1.165, 1.54) is 41.5 Å². The van der Waals surface area contributed by atoms with Gasteiger partial charge in [-0.15, -0.1) is 11.6 Å². The first-order valence-electron chi connectivity index (χ1n) is 7.45. The SMILES string of the molecule is Cc1cc(C)c(CNCC2CCCC2CCl)c(C)c1. The fourth-order valence-electron chi connectivity index (χ4n) is 3.46. The van der Waals surface area contributed by atoms with Crippen molar-refractivity contribution in [3.8, 4) is 0 Å². The second kappa shape index (κ2) is 6.76. The summed E-state index contributed by atoms with van der Waals surface area (Å²) in [6, 6.07) is 4.56. The highest BCUT2D eigenvalue weighted by Crippen LogP contribution is 2.32. The molecule has 0 bridgehead atoms. The van der Waals surface area contributed by atoms with E-state index in [1.807, 2.05) is 0 Å². The molecular formula is C17H26ClN. The standard InChI is InChI=1S/C17H26ClN/c1-12-7-13(2)17(14(3)8-12)11-19-10-16-6-4-5-15(16)9-18/h7-8,15-16,19H,4-6,9-11H2,1-3H3. The van der Waals surface area contributed by atoms with Crippen LogP contribution in [0, 0.1) is 32.6 Å². The molecule has 0 aromatic heterocycles. The molecule has 0 saturated heterocycles. The Balaban J connectivity index is 1.89. The summed E-state index contributed by atoms with van der Waals surface area (Å²) in [4.78, 5) is 0. The van der Waals surface area contributed by atoms with Crippen molar-refractivity contribution in [3.63, 3.8) is 0 Å². The third-order valence-electron chi connectivity index (χ3n) is 4.56. The molecule has 0 radical (unpaired) electrons. The van der Waals surface area contributed by atoms with E-state index in [-0.39, 0.29) is 0 Å². The first-order chi connectivity index (χ1) is 9.11. The lowest BCUT2D eigenvalue weighted by atomic mass is 9.97. The van der Waals surface area contributed by atoms with Crippen LogP contribution in [-0.2, 0) is 6.54 Å². The third kappa shape index (κ3) is 3.73. The summed E-state index contributed by atoms with van der Waals surface area (Å²) in [5.74, 6) is 2.34. The van der Waals surface area contributed by atoms with Gasteiger partial charge in [-0.25, -0.2) is 0 Å². The molecule has 2 rings (SSSR count). The maximum Gasteiger partial charge on any atom is 0.0254 e. The Morgan fingerprint density at radius 1 is 1.11 bits per heavy atom. The van der Waals surface area contributed by atoms with Crippen molar-refractivity contribution in [2.75, 3.05) is 12.4 Å². The van der Waals surface area contributed by atoms with Gasteiger partial charge < -0.3 is 5.32 Å². The Labute approximate surface area is 122 Å². The molecule has 106 valence electrons. The summed E-state index contributed by atoms with van der Waals surface area (Å²) >= 11 is 6.04. The van der Waals surface area contributed by atoms with Crippen LogP contribution in [0.2, 0.25) is 0 Å². The Morgan fingerprint density at radius 3 is 2.37 bits per heavy atom. The van der Waals surface area contributed by atoms with Gasteiger partial charge in [0, 0.05) is 12.4 Å². The molecular weight excluding hydrogens is 254 g/mol. The van der Waals surface area contributed by atoms with Crippen molar-refractivity contribution in [2.45, 2.75) is 46.6 Å². The molecule has 1 aromatic carbocycles. The van der Waals surface area contributed by atoms with Crippen molar-refractivity contribution >= 4 is 11.6 Å².